The minimum absolute atomic E-state index is 0.834. The third-order valence-electron chi connectivity index (χ3n) is 2.60. The van der Waals surface area contributed by atoms with Gasteiger partial charge in [0.15, 0.2) is 0 Å². The molecule has 0 saturated carbocycles. The van der Waals surface area contributed by atoms with Gasteiger partial charge in [0, 0.05) is 18.9 Å². The number of aryl methyl sites for hydroxylation is 1. The van der Waals surface area contributed by atoms with Gasteiger partial charge in [-0.05, 0) is 19.9 Å². The van der Waals surface area contributed by atoms with Crippen molar-refractivity contribution in [1.82, 2.24) is 15.3 Å². The fourth-order valence-corrected chi connectivity index (χ4v) is 1.58. The van der Waals surface area contributed by atoms with Gasteiger partial charge in [-0.2, -0.15) is 0 Å². The highest BCUT2D eigenvalue weighted by Crippen LogP contribution is 2.01. The van der Waals surface area contributed by atoms with E-state index < -0.39 is 0 Å². The molecule has 1 aromatic heterocycles. The van der Waals surface area contributed by atoms with Gasteiger partial charge in [-0.25, -0.2) is 0 Å². The van der Waals surface area contributed by atoms with E-state index in [0.29, 0.717) is 0 Å². The van der Waals surface area contributed by atoms with Crippen LogP contribution in [0.3, 0.4) is 0 Å². The second-order valence-corrected chi connectivity index (χ2v) is 4.24. The van der Waals surface area contributed by atoms with E-state index in [9.17, 15) is 0 Å². The number of nitrogens with one attached hydrogen (secondary N) is 1. The van der Waals surface area contributed by atoms with Gasteiger partial charge >= 0.3 is 0 Å². The molecule has 1 N–H and O–H groups in total. The van der Waals surface area contributed by atoms with Gasteiger partial charge in [-0.15, -0.1) is 0 Å². The van der Waals surface area contributed by atoms with E-state index in [4.69, 9.17) is 0 Å². The first kappa shape index (κ1) is 13.1. The lowest BCUT2D eigenvalue weighted by Gasteiger charge is -2.04. The number of hydrogen-bond donors (Lipinski definition) is 1. The first-order valence-corrected chi connectivity index (χ1v) is 6.31. The quantitative estimate of drug-likeness (QED) is 0.686. The van der Waals surface area contributed by atoms with Gasteiger partial charge in [-0.3, -0.25) is 9.97 Å². The van der Waals surface area contributed by atoms with Crippen LogP contribution in [0.4, 0.5) is 0 Å². The van der Waals surface area contributed by atoms with Gasteiger partial charge in [0.2, 0.25) is 0 Å². The summed E-state index contributed by atoms with van der Waals surface area (Å²) in [5.74, 6) is 0. The van der Waals surface area contributed by atoms with Gasteiger partial charge in [0.1, 0.15) is 0 Å². The average Bonchev–Trinajstić information content (AvgIpc) is 2.30. The van der Waals surface area contributed by atoms with Crippen LogP contribution in [-0.2, 0) is 6.54 Å². The molecule has 90 valence electrons. The lowest BCUT2D eigenvalue weighted by molar-refractivity contribution is 0.579. The summed E-state index contributed by atoms with van der Waals surface area (Å²) >= 11 is 0. The minimum atomic E-state index is 0.834. The highest BCUT2D eigenvalue weighted by atomic mass is 14.9. The molecule has 1 heterocycles. The third-order valence-corrected chi connectivity index (χ3v) is 2.60. The lowest BCUT2D eigenvalue weighted by Crippen LogP contribution is -2.15. The Labute approximate surface area is 98.7 Å². The van der Waals surface area contributed by atoms with Crippen LogP contribution in [0.25, 0.3) is 0 Å². The number of hydrogen-bond acceptors (Lipinski definition) is 3. The Morgan fingerprint density at radius 1 is 1.06 bits per heavy atom. The van der Waals surface area contributed by atoms with Gasteiger partial charge < -0.3 is 5.32 Å². The topological polar surface area (TPSA) is 37.8 Å². The Hall–Kier alpha value is -0.960. The lowest BCUT2D eigenvalue weighted by atomic mass is 10.1. The number of rotatable bonds is 8. The van der Waals surface area contributed by atoms with E-state index in [1.807, 2.05) is 19.3 Å². The van der Waals surface area contributed by atoms with Crippen LogP contribution in [0.2, 0.25) is 0 Å². The molecule has 0 amide bonds. The average molecular weight is 221 g/mol. The molecule has 0 aromatic carbocycles. The molecule has 16 heavy (non-hydrogen) atoms. The second kappa shape index (κ2) is 8.22. The molecule has 0 aliphatic rings. The number of unbranched alkanes of at least 4 members (excludes halogenated alkanes) is 4. The monoisotopic (exact) mass is 221 g/mol. The van der Waals surface area contributed by atoms with Crippen LogP contribution in [0.1, 0.15) is 50.4 Å². The maximum Gasteiger partial charge on any atom is 0.0724 e. The molecular weight excluding hydrogens is 198 g/mol. The maximum absolute atomic E-state index is 4.30. The molecule has 1 aromatic rings. The molecule has 0 aliphatic carbocycles. The summed E-state index contributed by atoms with van der Waals surface area (Å²) in [4.78, 5) is 8.52. The summed E-state index contributed by atoms with van der Waals surface area (Å²) in [6, 6.07) is 0. The fourth-order valence-electron chi connectivity index (χ4n) is 1.58. The molecule has 3 heteroatoms. The Kier molecular flexibility index (Phi) is 6.74. The number of aromatic nitrogens is 2. The van der Waals surface area contributed by atoms with Gasteiger partial charge in [0.25, 0.3) is 0 Å². The van der Waals surface area contributed by atoms with E-state index >= 15 is 0 Å². The molecule has 0 spiro atoms. The zero-order valence-corrected chi connectivity index (χ0v) is 10.5. The molecule has 0 fully saturated rings. The van der Waals surface area contributed by atoms with Crippen molar-refractivity contribution in [3.05, 3.63) is 23.8 Å². The van der Waals surface area contributed by atoms with Crippen molar-refractivity contribution in [2.75, 3.05) is 6.54 Å². The highest BCUT2D eigenvalue weighted by Gasteiger charge is 1.94. The van der Waals surface area contributed by atoms with Crippen LogP contribution >= 0.6 is 0 Å². The van der Waals surface area contributed by atoms with Crippen LogP contribution in [-0.4, -0.2) is 16.5 Å². The normalized spacial score (nSPS) is 10.6. The maximum atomic E-state index is 4.30. The smallest absolute Gasteiger partial charge is 0.0724 e. The Bertz CT molecular complexity index is 269. The summed E-state index contributed by atoms with van der Waals surface area (Å²) < 4.78 is 0. The van der Waals surface area contributed by atoms with Crippen LogP contribution < -0.4 is 5.32 Å². The zero-order valence-electron chi connectivity index (χ0n) is 10.5. The molecule has 0 atom stereocenters. The predicted octanol–water partition coefficient (Wildman–Crippen LogP) is 2.85. The fraction of sp³-hybridized carbons (Fsp3) is 0.692. The van der Waals surface area contributed by atoms with Crippen LogP contribution in [0.5, 0.6) is 0 Å². The summed E-state index contributed by atoms with van der Waals surface area (Å²) in [5, 5.41) is 3.40. The molecular formula is C13H23N3. The van der Waals surface area contributed by atoms with E-state index in [2.05, 4.69) is 22.2 Å². The Balaban J connectivity index is 2.01. The van der Waals surface area contributed by atoms with Crippen molar-refractivity contribution < 1.29 is 0 Å². The molecule has 1 rings (SSSR count). The first-order chi connectivity index (χ1) is 7.83. The molecule has 0 aliphatic heterocycles. The zero-order chi connectivity index (χ0) is 11.6. The van der Waals surface area contributed by atoms with Crippen molar-refractivity contribution >= 4 is 0 Å². The standard InChI is InChI=1S/C13H23N3/c1-3-4-5-6-7-8-14-10-13-11-15-12(2)9-16-13/h9,11,14H,3-8,10H2,1-2H3. The van der Waals surface area contributed by atoms with E-state index in [1.54, 1.807) is 0 Å². The molecule has 0 radical (unpaired) electrons. The summed E-state index contributed by atoms with van der Waals surface area (Å²) in [6.07, 6.45) is 10.3. The summed E-state index contributed by atoms with van der Waals surface area (Å²) in [6.45, 7) is 6.12. The van der Waals surface area contributed by atoms with Crippen LogP contribution in [0, 0.1) is 6.92 Å². The van der Waals surface area contributed by atoms with Gasteiger partial charge in [0.05, 0.1) is 11.4 Å². The molecule has 0 unspecified atom stereocenters. The highest BCUT2D eigenvalue weighted by molar-refractivity contribution is 4.99. The third kappa shape index (κ3) is 5.81. The van der Waals surface area contributed by atoms with Crippen molar-refractivity contribution in [3.63, 3.8) is 0 Å². The van der Waals surface area contributed by atoms with Crippen molar-refractivity contribution in [2.45, 2.75) is 52.5 Å². The number of nitrogens with zero attached hydrogens (tertiary/aromatic N) is 2. The largest absolute Gasteiger partial charge is 0.311 e. The Morgan fingerprint density at radius 2 is 1.88 bits per heavy atom. The van der Waals surface area contributed by atoms with E-state index in [1.165, 1.54) is 32.1 Å². The first-order valence-electron chi connectivity index (χ1n) is 6.31. The van der Waals surface area contributed by atoms with Crippen molar-refractivity contribution in [3.8, 4) is 0 Å². The minimum Gasteiger partial charge on any atom is -0.311 e. The van der Waals surface area contributed by atoms with E-state index in [0.717, 1.165) is 24.5 Å². The molecule has 3 nitrogen and oxygen atoms in total. The van der Waals surface area contributed by atoms with Crippen LogP contribution in [0.15, 0.2) is 12.4 Å². The molecule has 0 bridgehead atoms. The van der Waals surface area contributed by atoms with Gasteiger partial charge in [-0.1, -0.05) is 32.6 Å². The molecule has 0 saturated heterocycles. The second-order valence-electron chi connectivity index (χ2n) is 4.24. The summed E-state index contributed by atoms with van der Waals surface area (Å²) in [7, 11) is 0. The predicted molar refractivity (Wildman–Crippen MR) is 67.2 cm³/mol. The summed E-state index contributed by atoms with van der Waals surface area (Å²) in [5.41, 5.74) is 2.00. The Morgan fingerprint density at radius 3 is 2.56 bits per heavy atom. The van der Waals surface area contributed by atoms with Crippen molar-refractivity contribution in [2.24, 2.45) is 0 Å². The van der Waals surface area contributed by atoms with E-state index in [-0.39, 0.29) is 0 Å². The SMILES string of the molecule is CCCCCCCNCc1cnc(C)cn1. The van der Waals surface area contributed by atoms with Crippen molar-refractivity contribution in [1.29, 1.82) is 0 Å².